The average molecular weight is 715 g/mol. The van der Waals surface area contributed by atoms with E-state index in [2.05, 4.69) is 30.1 Å². The minimum Gasteiger partial charge on any atom is -0.453 e. The second-order valence-electron chi connectivity index (χ2n) is 12.4. The summed E-state index contributed by atoms with van der Waals surface area (Å²) in [7, 11) is 0. The minimum atomic E-state index is -1.76. The highest BCUT2D eigenvalue weighted by Crippen LogP contribution is 2.34. The summed E-state index contributed by atoms with van der Waals surface area (Å²) >= 11 is 0.0458. The molecule has 48 heavy (non-hydrogen) atoms. The van der Waals surface area contributed by atoms with Gasteiger partial charge in [0.15, 0.2) is 36.9 Å². The molecule has 2 heterocycles. The Bertz CT molecular complexity index is 971. The van der Waals surface area contributed by atoms with Gasteiger partial charge in [0, 0.05) is 12.0 Å². The van der Waals surface area contributed by atoms with Crippen LogP contribution in [0.5, 0.6) is 0 Å². The normalized spacial score (nSPS) is 32.4. The first-order valence-electron chi connectivity index (χ1n) is 16.5. The molecule has 2 fully saturated rings. The molecule has 10 unspecified atom stereocenters. The maximum atomic E-state index is 13.3. The van der Waals surface area contributed by atoms with Crippen molar-refractivity contribution >= 4 is 24.3 Å². The van der Waals surface area contributed by atoms with E-state index >= 15 is 0 Å². The lowest BCUT2D eigenvalue weighted by atomic mass is 9.94. The van der Waals surface area contributed by atoms with E-state index in [4.69, 9.17) is 33.1 Å². The molecule has 0 bridgehead atoms. The predicted molar refractivity (Wildman–Crippen MR) is 168 cm³/mol. The monoisotopic (exact) mass is 714 g/mol. The van der Waals surface area contributed by atoms with Gasteiger partial charge in [0.25, 0.3) is 0 Å². The second-order valence-corrected chi connectivity index (χ2v) is 12.9. The van der Waals surface area contributed by atoms with E-state index in [1.165, 1.54) is 0 Å². The molecule has 0 radical (unpaired) electrons. The van der Waals surface area contributed by atoms with Gasteiger partial charge < -0.3 is 49.2 Å². The number of aliphatic hydroxyl groups excluding tert-OH is 5. The summed E-state index contributed by atoms with van der Waals surface area (Å²) in [6, 6.07) is 0. The first-order valence-corrected chi connectivity index (χ1v) is 17.2. The van der Waals surface area contributed by atoms with Crippen molar-refractivity contribution in [2.45, 2.75) is 147 Å². The lowest BCUT2D eigenvalue weighted by molar-refractivity contribution is -0.435. The van der Waals surface area contributed by atoms with Crippen LogP contribution in [0.4, 0.5) is 0 Å². The molecule has 16 nitrogen and oxygen atoms in total. The predicted octanol–water partition coefficient (Wildman–Crippen LogP) is 2.09. The highest BCUT2D eigenvalue weighted by atomic mass is 32.2. The number of carbonyl (C=O) groups excluding carboxylic acids is 2. The molecule has 0 aromatic rings. The number of aliphatic hydroxyl groups is 5. The highest BCUT2D eigenvalue weighted by molar-refractivity contribution is 7.89. The largest absolute Gasteiger partial charge is 0.453 e. The highest BCUT2D eigenvalue weighted by Gasteiger charge is 2.54. The number of unbranched alkanes of at least 4 members (excludes halogenated alkanes) is 4. The molecule has 280 valence electrons. The molecule has 0 aromatic carbocycles. The van der Waals surface area contributed by atoms with Gasteiger partial charge in [-0.25, -0.2) is 10.1 Å². The molecule has 17 heteroatoms. The van der Waals surface area contributed by atoms with Crippen molar-refractivity contribution in [3.63, 3.8) is 0 Å². The Hall–Kier alpha value is -1.45. The number of allylic oxidation sites excluding steroid dienone is 1. The standard InChI is InChI=1S/C31H54O16S/c1-6-8-9-10-11-12-22(34)42-28-26(43-29(38)19(5)14-18(4)13-17(3)7-2)24(36)21(16-33)41-31(28)44-30-27(45-48-47-46-39)25(37)23(35)20(15-32)40-30/h14,17-18,20-21,23-28,30-33,35-37,39H,6-13,15-16H2,1-5H3/b19-14+/t17-,18-,20?,21?,23?,24?,25?,26?,27?,28?,30?,31?/m0/s1. The van der Waals surface area contributed by atoms with Gasteiger partial charge in [-0.15, -0.1) is 4.33 Å². The summed E-state index contributed by atoms with van der Waals surface area (Å²) in [6.45, 7) is 8.25. The Morgan fingerprint density at radius 1 is 0.854 bits per heavy atom. The van der Waals surface area contributed by atoms with E-state index in [9.17, 15) is 35.1 Å². The van der Waals surface area contributed by atoms with Crippen molar-refractivity contribution in [3.05, 3.63) is 11.6 Å². The fourth-order valence-electron chi connectivity index (χ4n) is 5.55. The lowest BCUT2D eigenvalue weighted by Gasteiger charge is -2.46. The molecule has 0 amide bonds. The van der Waals surface area contributed by atoms with E-state index in [0.717, 1.165) is 38.5 Å². The lowest BCUT2D eigenvalue weighted by Crippen LogP contribution is -2.65. The van der Waals surface area contributed by atoms with Crippen molar-refractivity contribution in [2.75, 3.05) is 13.2 Å². The maximum absolute atomic E-state index is 13.3. The van der Waals surface area contributed by atoms with Crippen molar-refractivity contribution in [2.24, 2.45) is 11.8 Å². The zero-order valence-corrected chi connectivity index (χ0v) is 29.1. The SMILES string of the molecule is CCCCCCCC(=O)OC1C(OC2OC(CO)C(O)C(O)C2OSOOO)OC(CO)C(O)C1OC(=O)/C(C)=C/[C@@H](C)C[C@@H](C)CC. The van der Waals surface area contributed by atoms with Crippen LogP contribution in [0.2, 0.25) is 0 Å². The molecule has 2 aliphatic heterocycles. The van der Waals surface area contributed by atoms with Crippen molar-refractivity contribution in [1.29, 1.82) is 0 Å². The van der Waals surface area contributed by atoms with Gasteiger partial charge in [0.05, 0.1) is 13.2 Å². The zero-order chi connectivity index (χ0) is 35.8. The molecule has 0 aliphatic carbocycles. The second kappa shape index (κ2) is 22.4. The third-order valence-electron chi connectivity index (χ3n) is 8.42. The molecule has 6 N–H and O–H groups in total. The number of esters is 2. The van der Waals surface area contributed by atoms with Gasteiger partial charge in [-0.1, -0.05) is 70.9 Å². The number of ether oxygens (including phenoxy) is 5. The van der Waals surface area contributed by atoms with Crippen LogP contribution in [0.25, 0.3) is 0 Å². The Kier molecular flexibility index (Phi) is 19.9. The van der Waals surface area contributed by atoms with Crippen LogP contribution < -0.4 is 0 Å². The van der Waals surface area contributed by atoms with Crippen molar-refractivity contribution in [1.82, 2.24) is 0 Å². The molecule has 2 aliphatic rings. The third kappa shape index (κ3) is 13.0. The van der Waals surface area contributed by atoms with Crippen molar-refractivity contribution in [3.8, 4) is 0 Å². The molecule has 0 aromatic heterocycles. The number of hydrogen-bond donors (Lipinski definition) is 6. The van der Waals surface area contributed by atoms with Gasteiger partial charge in [-0.05, 0) is 31.6 Å². The summed E-state index contributed by atoms with van der Waals surface area (Å²) in [4.78, 5) is 26.4. The van der Waals surface area contributed by atoms with E-state index in [1.54, 1.807) is 13.0 Å². The van der Waals surface area contributed by atoms with Gasteiger partial charge in [0.1, 0.15) is 30.5 Å². The summed E-state index contributed by atoms with van der Waals surface area (Å²) in [6.07, 6.45) is -8.33. The van der Waals surface area contributed by atoms with E-state index in [0.29, 0.717) is 12.3 Å². The topological polar surface area (TPSA) is 229 Å². The maximum Gasteiger partial charge on any atom is 0.333 e. The smallest absolute Gasteiger partial charge is 0.333 e. The Morgan fingerprint density at radius 2 is 1.48 bits per heavy atom. The Balaban J connectivity index is 2.41. The summed E-state index contributed by atoms with van der Waals surface area (Å²) < 4.78 is 38.2. The number of hydrogen-bond acceptors (Lipinski definition) is 17. The summed E-state index contributed by atoms with van der Waals surface area (Å²) in [5.41, 5.74) is 0.249. The molecular weight excluding hydrogens is 660 g/mol. The van der Waals surface area contributed by atoms with Gasteiger partial charge in [0.2, 0.25) is 6.29 Å². The minimum absolute atomic E-state index is 0.00250. The first-order chi connectivity index (χ1) is 22.9. The Labute approximate surface area is 285 Å². The Morgan fingerprint density at radius 3 is 2.08 bits per heavy atom. The van der Waals surface area contributed by atoms with Crippen LogP contribution in [-0.2, 0) is 46.8 Å². The zero-order valence-electron chi connectivity index (χ0n) is 28.3. The van der Waals surface area contributed by atoms with E-state index in [1.807, 2.05) is 6.92 Å². The van der Waals surface area contributed by atoms with E-state index in [-0.39, 0.29) is 30.2 Å². The number of carbonyl (C=O) groups is 2. The summed E-state index contributed by atoms with van der Waals surface area (Å²) in [5.74, 6) is -1.05. The molecule has 2 rings (SSSR count). The fraction of sp³-hybridized carbons (Fsp3) is 0.871. The molecule has 0 spiro atoms. The van der Waals surface area contributed by atoms with Crippen LogP contribution in [0.1, 0.15) is 86.0 Å². The fourth-order valence-corrected chi connectivity index (χ4v) is 5.90. The first kappa shape index (κ1) is 42.7. The van der Waals surface area contributed by atoms with Gasteiger partial charge in [-0.2, -0.15) is 0 Å². The van der Waals surface area contributed by atoms with Crippen LogP contribution in [0.3, 0.4) is 0 Å². The molecule has 2 saturated heterocycles. The van der Waals surface area contributed by atoms with Gasteiger partial charge in [-0.3, -0.25) is 8.98 Å². The molecular formula is C31H54O16S. The molecule has 0 saturated carbocycles. The molecule has 12 atom stereocenters. The van der Waals surface area contributed by atoms with Crippen LogP contribution in [0.15, 0.2) is 11.6 Å². The van der Waals surface area contributed by atoms with Crippen LogP contribution in [-0.4, -0.2) is 117 Å². The summed E-state index contributed by atoms with van der Waals surface area (Å²) in [5, 5.41) is 64.0. The van der Waals surface area contributed by atoms with Crippen molar-refractivity contribution < 1.29 is 77.6 Å². The van der Waals surface area contributed by atoms with Gasteiger partial charge >= 0.3 is 11.9 Å². The quantitative estimate of drug-likeness (QED) is 0.0250. The van der Waals surface area contributed by atoms with Crippen LogP contribution >= 0.6 is 12.3 Å². The van der Waals surface area contributed by atoms with Crippen LogP contribution in [0, 0.1) is 11.8 Å². The van der Waals surface area contributed by atoms with E-state index < -0.39 is 86.6 Å². The third-order valence-corrected chi connectivity index (χ3v) is 8.84. The number of rotatable bonds is 21. The average Bonchev–Trinajstić information content (AvgIpc) is 3.06.